The molecule has 1 aliphatic rings. The van der Waals surface area contributed by atoms with Crippen LogP contribution in [0, 0.1) is 5.82 Å². The standard InChI is InChI=1S/C20H17F4NO4/c21-16-13(8-4-9-14(16)29-20(22,23)24)19(25)11-5-10-15(17(19)26)28-18(27)12-6-2-1-3-7-12/h1-4,6-9,15H,5,10-11,25H2. The number of ketones is 1. The Balaban J connectivity index is 1.87. The minimum Gasteiger partial charge on any atom is -0.451 e. The summed E-state index contributed by atoms with van der Waals surface area (Å²) in [5.74, 6) is -3.99. The van der Waals surface area contributed by atoms with Crippen LogP contribution in [0.5, 0.6) is 5.75 Å². The van der Waals surface area contributed by atoms with Crippen molar-refractivity contribution in [3.8, 4) is 5.75 Å². The molecule has 2 aromatic carbocycles. The Kier molecular flexibility index (Phi) is 5.61. The minimum atomic E-state index is -5.11. The fraction of sp³-hybridized carbons (Fsp3) is 0.300. The molecule has 0 saturated heterocycles. The Morgan fingerprint density at radius 2 is 1.79 bits per heavy atom. The molecule has 0 heterocycles. The van der Waals surface area contributed by atoms with Crippen LogP contribution in [0.1, 0.15) is 35.2 Å². The van der Waals surface area contributed by atoms with Crippen molar-refractivity contribution in [1.82, 2.24) is 0 Å². The van der Waals surface area contributed by atoms with Gasteiger partial charge in [-0.1, -0.05) is 30.3 Å². The van der Waals surface area contributed by atoms with E-state index in [0.29, 0.717) is 6.42 Å². The van der Waals surface area contributed by atoms with Gasteiger partial charge in [-0.3, -0.25) is 4.79 Å². The van der Waals surface area contributed by atoms with Gasteiger partial charge < -0.3 is 15.2 Å². The van der Waals surface area contributed by atoms with E-state index in [-0.39, 0.29) is 18.4 Å². The van der Waals surface area contributed by atoms with Crippen LogP contribution in [0.25, 0.3) is 0 Å². The first-order chi connectivity index (χ1) is 13.6. The van der Waals surface area contributed by atoms with Gasteiger partial charge in [0.25, 0.3) is 0 Å². The summed E-state index contributed by atoms with van der Waals surface area (Å²) in [5, 5.41) is 0. The Morgan fingerprint density at radius 1 is 1.10 bits per heavy atom. The molecule has 2 unspecified atom stereocenters. The number of ether oxygens (including phenoxy) is 2. The lowest BCUT2D eigenvalue weighted by Gasteiger charge is -2.36. The Hall–Kier alpha value is -2.94. The molecule has 2 N–H and O–H groups in total. The van der Waals surface area contributed by atoms with Gasteiger partial charge in [-0.15, -0.1) is 13.2 Å². The van der Waals surface area contributed by atoms with Gasteiger partial charge in [0, 0.05) is 5.56 Å². The smallest absolute Gasteiger partial charge is 0.451 e. The fourth-order valence-corrected chi connectivity index (χ4v) is 3.32. The highest BCUT2D eigenvalue weighted by Crippen LogP contribution is 2.38. The summed E-state index contributed by atoms with van der Waals surface area (Å²) >= 11 is 0. The summed E-state index contributed by atoms with van der Waals surface area (Å²) < 4.78 is 61.1. The van der Waals surface area contributed by atoms with Crippen LogP contribution in [0.4, 0.5) is 17.6 Å². The summed E-state index contributed by atoms with van der Waals surface area (Å²) in [6.07, 6.45) is -5.88. The monoisotopic (exact) mass is 411 g/mol. The molecule has 0 aliphatic heterocycles. The zero-order chi connectivity index (χ0) is 21.2. The number of hydrogen-bond donors (Lipinski definition) is 1. The van der Waals surface area contributed by atoms with Crippen molar-refractivity contribution >= 4 is 11.8 Å². The van der Waals surface area contributed by atoms with Crippen LogP contribution in [-0.2, 0) is 15.1 Å². The first-order valence-electron chi connectivity index (χ1n) is 8.76. The van der Waals surface area contributed by atoms with E-state index in [1.807, 2.05) is 0 Å². The third kappa shape index (κ3) is 4.40. The topological polar surface area (TPSA) is 78.6 Å². The number of carbonyl (C=O) groups excluding carboxylic acids is 2. The molecule has 1 aliphatic carbocycles. The van der Waals surface area contributed by atoms with E-state index in [2.05, 4.69) is 4.74 Å². The van der Waals surface area contributed by atoms with Crippen molar-refractivity contribution in [1.29, 1.82) is 0 Å². The molecular formula is C20H17F4NO4. The van der Waals surface area contributed by atoms with Gasteiger partial charge >= 0.3 is 12.3 Å². The molecule has 0 bridgehead atoms. The molecule has 0 radical (unpaired) electrons. The Labute approximate surface area is 163 Å². The van der Waals surface area contributed by atoms with Crippen LogP contribution in [0.15, 0.2) is 48.5 Å². The number of esters is 1. The van der Waals surface area contributed by atoms with Crippen molar-refractivity contribution in [2.75, 3.05) is 0 Å². The number of benzene rings is 2. The maximum atomic E-state index is 14.7. The van der Waals surface area contributed by atoms with Crippen LogP contribution in [-0.4, -0.2) is 24.2 Å². The van der Waals surface area contributed by atoms with Crippen LogP contribution in [0.2, 0.25) is 0 Å². The van der Waals surface area contributed by atoms with E-state index in [4.69, 9.17) is 10.5 Å². The molecule has 3 rings (SSSR count). The van der Waals surface area contributed by atoms with E-state index < -0.39 is 46.9 Å². The number of hydrogen-bond acceptors (Lipinski definition) is 5. The maximum Gasteiger partial charge on any atom is 0.573 e. The number of carbonyl (C=O) groups is 2. The summed E-state index contributed by atoms with van der Waals surface area (Å²) in [5.41, 5.74) is 3.98. The summed E-state index contributed by atoms with van der Waals surface area (Å²) in [7, 11) is 0. The third-order valence-corrected chi connectivity index (χ3v) is 4.70. The van der Waals surface area contributed by atoms with Crippen LogP contribution < -0.4 is 10.5 Å². The van der Waals surface area contributed by atoms with Gasteiger partial charge in [0.05, 0.1) is 5.56 Å². The van der Waals surface area contributed by atoms with E-state index in [0.717, 1.165) is 18.2 Å². The van der Waals surface area contributed by atoms with Crippen molar-refractivity contribution in [3.63, 3.8) is 0 Å². The van der Waals surface area contributed by atoms with Crippen molar-refractivity contribution in [3.05, 3.63) is 65.5 Å². The molecule has 1 fully saturated rings. The Morgan fingerprint density at radius 3 is 2.45 bits per heavy atom. The molecule has 1 saturated carbocycles. The zero-order valence-corrected chi connectivity index (χ0v) is 15.0. The predicted molar refractivity (Wildman–Crippen MR) is 93.5 cm³/mol. The quantitative estimate of drug-likeness (QED) is 0.611. The van der Waals surface area contributed by atoms with Gasteiger partial charge in [0.15, 0.2) is 23.5 Å². The second-order valence-electron chi connectivity index (χ2n) is 6.65. The van der Waals surface area contributed by atoms with Crippen molar-refractivity contribution < 1.29 is 36.6 Å². The third-order valence-electron chi connectivity index (χ3n) is 4.70. The lowest BCUT2D eigenvalue weighted by atomic mass is 9.74. The molecule has 5 nitrogen and oxygen atoms in total. The molecule has 2 atom stereocenters. The van der Waals surface area contributed by atoms with E-state index in [1.165, 1.54) is 12.1 Å². The average molecular weight is 411 g/mol. The first-order valence-corrected chi connectivity index (χ1v) is 8.76. The van der Waals surface area contributed by atoms with Crippen LogP contribution >= 0.6 is 0 Å². The van der Waals surface area contributed by atoms with Gasteiger partial charge in [-0.2, -0.15) is 0 Å². The van der Waals surface area contributed by atoms with Gasteiger partial charge in [0.1, 0.15) is 5.54 Å². The van der Waals surface area contributed by atoms with E-state index in [1.54, 1.807) is 18.2 Å². The number of rotatable bonds is 4. The number of alkyl halides is 3. The number of halogens is 4. The highest BCUT2D eigenvalue weighted by molar-refractivity contribution is 5.97. The van der Waals surface area contributed by atoms with Crippen LogP contribution in [0.3, 0.4) is 0 Å². The molecule has 9 heteroatoms. The second kappa shape index (κ2) is 7.82. The van der Waals surface area contributed by atoms with E-state index >= 15 is 0 Å². The normalized spacial score (nSPS) is 22.2. The van der Waals surface area contributed by atoms with Gasteiger partial charge in [-0.25, -0.2) is 9.18 Å². The average Bonchev–Trinajstić information content (AvgIpc) is 2.67. The summed E-state index contributed by atoms with van der Waals surface area (Å²) in [6.45, 7) is 0. The Bertz CT molecular complexity index is 916. The molecule has 0 spiro atoms. The number of nitrogens with two attached hydrogens (primary N) is 1. The molecule has 154 valence electrons. The van der Waals surface area contributed by atoms with Crippen molar-refractivity contribution in [2.45, 2.75) is 37.3 Å². The van der Waals surface area contributed by atoms with Gasteiger partial charge in [0.2, 0.25) is 0 Å². The molecule has 2 aromatic rings. The molecular weight excluding hydrogens is 394 g/mol. The molecule has 0 amide bonds. The lowest BCUT2D eigenvalue weighted by Crippen LogP contribution is -2.54. The second-order valence-corrected chi connectivity index (χ2v) is 6.65. The highest BCUT2D eigenvalue weighted by atomic mass is 19.4. The maximum absolute atomic E-state index is 14.7. The van der Waals surface area contributed by atoms with Gasteiger partial charge in [-0.05, 0) is 37.5 Å². The predicted octanol–water partition coefficient (Wildman–Crippen LogP) is 3.86. The molecule has 0 aromatic heterocycles. The molecule has 29 heavy (non-hydrogen) atoms. The summed E-state index contributed by atoms with van der Waals surface area (Å²) in [6, 6.07) is 11.0. The SMILES string of the molecule is NC1(c2cccc(OC(F)(F)F)c2F)CCCC(OC(=O)c2ccccc2)C1=O. The minimum absolute atomic E-state index is 0.0163. The number of Topliss-reactive ketones (excluding diaryl/α,β-unsaturated/α-hetero) is 1. The van der Waals surface area contributed by atoms with E-state index in [9.17, 15) is 27.2 Å². The first kappa shape index (κ1) is 20.8. The highest BCUT2D eigenvalue weighted by Gasteiger charge is 2.47. The van der Waals surface area contributed by atoms with Crippen molar-refractivity contribution in [2.24, 2.45) is 5.73 Å². The zero-order valence-electron chi connectivity index (χ0n) is 15.0. The lowest BCUT2D eigenvalue weighted by molar-refractivity contribution is -0.275. The largest absolute Gasteiger partial charge is 0.573 e. The summed E-state index contributed by atoms with van der Waals surface area (Å²) in [4.78, 5) is 25.2. The fourth-order valence-electron chi connectivity index (χ4n) is 3.32.